The van der Waals surface area contributed by atoms with Gasteiger partial charge in [0.15, 0.2) is 0 Å². The third kappa shape index (κ3) is 2.88. The minimum atomic E-state index is -0.367. The Morgan fingerprint density at radius 1 is 1.65 bits per heavy atom. The van der Waals surface area contributed by atoms with Crippen molar-refractivity contribution in [1.29, 1.82) is 0 Å². The van der Waals surface area contributed by atoms with Crippen molar-refractivity contribution < 1.29 is 9.90 Å². The maximum absolute atomic E-state index is 11.9. The molecule has 2 N–H and O–H groups in total. The van der Waals surface area contributed by atoms with Gasteiger partial charge in [0.05, 0.1) is 6.10 Å². The summed E-state index contributed by atoms with van der Waals surface area (Å²) in [5.74, 6) is -0.0393. The van der Waals surface area contributed by atoms with Crippen molar-refractivity contribution in [1.82, 2.24) is 9.88 Å². The minimum absolute atomic E-state index is 0.0393. The SMILES string of the molecule is CC(O)CCNC(=O)c1cccn1C1CCC1. The first-order chi connectivity index (χ1) is 8.18. The van der Waals surface area contributed by atoms with Gasteiger partial charge in [-0.2, -0.15) is 0 Å². The second-order valence-electron chi connectivity index (χ2n) is 4.78. The first-order valence-corrected chi connectivity index (χ1v) is 6.31. The van der Waals surface area contributed by atoms with Crippen LogP contribution >= 0.6 is 0 Å². The largest absolute Gasteiger partial charge is 0.393 e. The highest BCUT2D eigenvalue weighted by atomic mass is 16.3. The van der Waals surface area contributed by atoms with E-state index in [1.165, 1.54) is 19.3 Å². The highest BCUT2D eigenvalue weighted by Crippen LogP contribution is 2.32. The third-order valence-corrected chi connectivity index (χ3v) is 3.33. The number of nitrogens with one attached hydrogen (secondary N) is 1. The van der Waals surface area contributed by atoms with Gasteiger partial charge >= 0.3 is 0 Å². The van der Waals surface area contributed by atoms with E-state index in [-0.39, 0.29) is 12.0 Å². The average Bonchev–Trinajstić information content (AvgIpc) is 2.63. The number of aliphatic hydroxyl groups is 1. The highest BCUT2D eigenvalue weighted by molar-refractivity contribution is 5.92. The maximum atomic E-state index is 11.9. The van der Waals surface area contributed by atoms with Crippen LogP contribution in [-0.4, -0.2) is 28.2 Å². The summed E-state index contributed by atoms with van der Waals surface area (Å²) < 4.78 is 2.07. The molecule has 0 spiro atoms. The van der Waals surface area contributed by atoms with E-state index in [0.717, 1.165) is 5.69 Å². The summed E-state index contributed by atoms with van der Waals surface area (Å²) in [6.07, 6.45) is 5.80. The Morgan fingerprint density at radius 2 is 2.41 bits per heavy atom. The van der Waals surface area contributed by atoms with E-state index in [9.17, 15) is 4.79 Å². The zero-order valence-corrected chi connectivity index (χ0v) is 10.2. The number of aliphatic hydroxyl groups excluding tert-OH is 1. The molecule has 0 saturated heterocycles. The maximum Gasteiger partial charge on any atom is 0.267 e. The molecule has 1 aliphatic rings. The molecule has 4 heteroatoms. The monoisotopic (exact) mass is 236 g/mol. The lowest BCUT2D eigenvalue weighted by Gasteiger charge is -2.28. The lowest BCUT2D eigenvalue weighted by Crippen LogP contribution is -2.30. The molecule has 4 nitrogen and oxygen atoms in total. The number of carbonyl (C=O) groups is 1. The average molecular weight is 236 g/mol. The molecule has 0 bridgehead atoms. The van der Waals surface area contributed by atoms with E-state index >= 15 is 0 Å². The highest BCUT2D eigenvalue weighted by Gasteiger charge is 2.22. The molecule has 2 rings (SSSR count). The molecule has 1 unspecified atom stereocenters. The predicted octanol–water partition coefficient (Wildman–Crippen LogP) is 1.71. The van der Waals surface area contributed by atoms with Crippen molar-refractivity contribution in [3.8, 4) is 0 Å². The fourth-order valence-corrected chi connectivity index (χ4v) is 2.05. The van der Waals surface area contributed by atoms with E-state index in [0.29, 0.717) is 19.0 Å². The van der Waals surface area contributed by atoms with Gasteiger partial charge in [0.1, 0.15) is 5.69 Å². The van der Waals surface area contributed by atoms with Crippen molar-refractivity contribution >= 4 is 5.91 Å². The van der Waals surface area contributed by atoms with Crippen LogP contribution in [0.15, 0.2) is 18.3 Å². The molecule has 0 aliphatic heterocycles. The topological polar surface area (TPSA) is 54.3 Å². The Hall–Kier alpha value is -1.29. The van der Waals surface area contributed by atoms with E-state index < -0.39 is 0 Å². The fourth-order valence-electron chi connectivity index (χ4n) is 2.05. The zero-order chi connectivity index (χ0) is 12.3. The fraction of sp³-hybridized carbons (Fsp3) is 0.615. The molecule has 1 heterocycles. The number of nitrogens with zero attached hydrogens (tertiary/aromatic N) is 1. The Bertz CT molecular complexity index is 381. The van der Waals surface area contributed by atoms with Crippen LogP contribution in [0.1, 0.15) is 49.1 Å². The van der Waals surface area contributed by atoms with Crippen LogP contribution in [-0.2, 0) is 0 Å². The molecule has 1 atom stereocenters. The molecule has 17 heavy (non-hydrogen) atoms. The predicted molar refractivity (Wildman–Crippen MR) is 66.0 cm³/mol. The number of rotatable bonds is 5. The molecule has 1 aliphatic carbocycles. The van der Waals surface area contributed by atoms with Crippen molar-refractivity contribution in [2.45, 2.75) is 44.8 Å². The van der Waals surface area contributed by atoms with Gasteiger partial charge in [0.2, 0.25) is 0 Å². The van der Waals surface area contributed by atoms with Crippen LogP contribution in [0.2, 0.25) is 0 Å². The molecule has 94 valence electrons. The van der Waals surface area contributed by atoms with Gasteiger partial charge in [0.25, 0.3) is 5.91 Å². The summed E-state index contributed by atoms with van der Waals surface area (Å²) in [5, 5.41) is 12.0. The van der Waals surface area contributed by atoms with Crippen LogP contribution in [0.3, 0.4) is 0 Å². The van der Waals surface area contributed by atoms with E-state index in [1.807, 2.05) is 18.3 Å². The molecule has 0 radical (unpaired) electrons. The number of carbonyl (C=O) groups excluding carboxylic acids is 1. The Balaban J connectivity index is 1.92. The summed E-state index contributed by atoms with van der Waals surface area (Å²) in [6, 6.07) is 4.28. The van der Waals surface area contributed by atoms with Gasteiger partial charge in [-0.1, -0.05) is 0 Å². The summed E-state index contributed by atoms with van der Waals surface area (Å²) in [6.45, 7) is 2.25. The summed E-state index contributed by atoms with van der Waals surface area (Å²) in [5.41, 5.74) is 0.736. The van der Waals surface area contributed by atoms with Gasteiger partial charge in [-0.15, -0.1) is 0 Å². The molecule has 1 saturated carbocycles. The van der Waals surface area contributed by atoms with Gasteiger partial charge in [-0.3, -0.25) is 4.79 Å². The Kier molecular flexibility index (Phi) is 3.84. The zero-order valence-electron chi connectivity index (χ0n) is 10.2. The van der Waals surface area contributed by atoms with E-state index in [1.54, 1.807) is 6.92 Å². The van der Waals surface area contributed by atoms with Crippen molar-refractivity contribution in [3.05, 3.63) is 24.0 Å². The first kappa shape index (κ1) is 12.2. The molecule has 1 aromatic heterocycles. The molecular weight excluding hydrogens is 216 g/mol. The van der Waals surface area contributed by atoms with E-state index in [2.05, 4.69) is 9.88 Å². The van der Waals surface area contributed by atoms with Gasteiger partial charge in [-0.05, 0) is 44.7 Å². The van der Waals surface area contributed by atoms with Gasteiger partial charge in [-0.25, -0.2) is 0 Å². The number of hydrogen-bond acceptors (Lipinski definition) is 2. The Morgan fingerprint density at radius 3 is 3.00 bits per heavy atom. The summed E-state index contributed by atoms with van der Waals surface area (Å²) in [7, 11) is 0. The van der Waals surface area contributed by atoms with Crippen LogP contribution in [0.5, 0.6) is 0 Å². The lowest BCUT2D eigenvalue weighted by atomic mass is 9.93. The molecule has 1 amide bonds. The summed E-state index contributed by atoms with van der Waals surface area (Å²) >= 11 is 0. The molecular formula is C13H20N2O2. The van der Waals surface area contributed by atoms with Crippen LogP contribution in [0.4, 0.5) is 0 Å². The summed E-state index contributed by atoms with van der Waals surface area (Å²) in [4.78, 5) is 11.9. The van der Waals surface area contributed by atoms with Crippen LogP contribution in [0.25, 0.3) is 0 Å². The smallest absolute Gasteiger partial charge is 0.267 e. The van der Waals surface area contributed by atoms with Gasteiger partial charge in [0, 0.05) is 18.8 Å². The number of hydrogen-bond donors (Lipinski definition) is 2. The van der Waals surface area contributed by atoms with Crippen LogP contribution < -0.4 is 5.32 Å². The van der Waals surface area contributed by atoms with Crippen molar-refractivity contribution in [2.24, 2.45) is 0 Å². The minimum Gasteiger partial charge on any atom is -0.393 e. The molecule has 1 fully saturated rings. The molecule has 1 aromatic rings. The molecule has 0 aromatic carbocycles. The van der Waals surface area contributed by atoms with Gasteiger partial charge < -0.3 is 15.0 Å². The second-order valence-corrected chi connectivity index (χ2v) is 4.78. The number of aromatic nitrogens is 1. The second kappa shape index (κ2) is 5.36. The Labute approximate surface area is 102 Å². The lowest BCUT2D eigenvalue weighted by molar-refractivity contribution is 0.0930. The first-order valence-electron chi connectivity index (χ1n) is 6.31. The quantitative estimate of drug-likeness (QED) is 0.817. The van der Waals surface area contributed by atoms with Crippen molar-refractivity contribution in [3.63, 3.8) is 0 Å². The normalized spacial score (nSPS) is 17.5. The van der Waals surface area contributed by atoms with E-state index in [4.69, 9.17) is 5.11 Å². The third-order valence-electron chi connectivity index (χ3n) is 3.33. The number of amides is 1. The van der Waals surface area contributed by atoms with Crippen LogP contribution in [0, 0.1) is 0 Å². The van der Waals surface area contributed by atoms with Crippen molar-refractivity contribution in [2.75, 3.05) is 6.54 Å². The standard InChI is InChI=1S/C13H20N2O2/c1-10(16)7-8-14-13(17)12-6-3-9-15(12)11-4-2-5-11/h3,6,9-11,16H,2,4-5,7-8H2,1H3,(H,14,17).